The third-order valence-corrected chi connectivity index (χ3v) is 4.45. The van der Waals surface area contributed by atoms with Gasteiger partial charge in [-0.05, 0) is 39.4 Å². The van der Waals surface area contributed by atoms with Crippen molar-refractivity contribution in [2.24, 2.45) is 0 Å². The van der Waals surface area contributed by atoms with E-state index in [1.54, 1.807) is 0 Å². The van der Waals surface area contributed by atoms with Crippen LogP contribution in [0.3, 0.4) is 0 Å². The van der Waals surface area contributed by atoms with Crippen LogP contribution in [-0.4, -0.2) is 41.9 Å². The van der Waals surface area contributed by atoms with E-state index < -0.39 is 0 Å². The highest BCUT2D eigenvalue weighted by molar-refractivity contribution is 8.01. The summed E-state index contributed by atoms with van der Waals surface area (Å²) < 4.78 is 0. The van der Waals surface area contributed by atoms with E-state index in [9.17, 15) is 9.59 Å². The Morgan fingerprint density at radius 3 is 2.43 bits per heavy atom. The first-order valence-corrected chi connectivity index (χ1v) is 8.96. The fraction of sp³-hybridized carbons (Fsp3) is 0.529. The number of hydrogen-bond acceptors (Lipinski definition) is 4. The smallest absolute Gasteiger partial charge is 0.234 e. The average molecular weight is 337 g/mol. The third-order valence-electron chi connectivity index (χ3n) is 3.30. The number of aryl methyl sites for hydroxylation is 1. The van der Waals surface area contributed by atoms with Gasteiger partial charge in [-0.3, -0.25) is 9.59 Å². The van der Waals surface area contributed by atoms with Crippen molar-refractivity contribution in [1.29, 1.82) is 0 Å². The number of thioether (sulfide) groups is 1. The highest BCUT2D eigenvalue weighted by Gasteiger charge is 2.15. The van der Waals surface area contributed by atoms with Crippen LogP contribution >= 0.6 is 11.8 Å². The molecule has 1 unspecified atom stereocenters. The molecule has 0 spiro atoms. The molecule has 0 aliphatic heterocycles. The Hall–Kier alpha value is -1.53. The average Bonchev–Trinajstić information content (AvgIpc) is 2.52. The van der Waals surface area contributed by atoms with Crippen LogP contribution in [0.15, 0.2) is 24.3 Å². The Bertz CT molecular complexity index is 505. The molecule has 0 saturated carbocycles. The fourth-order valence-corrected chi connectivity index (χ4v) is 2.64. The summed E-state index contributed by atoms with van der Waals surface area (Å²) in [7, 11) is 0. The number of hydrogen-bond donors (Lipinski definition) is 3. The first-order valence-electron chi connectivity index (χ1n) is 7.91. The van der Waals surface area contributed by atoms with E-state index in [1.807, 2.05) is 52.0 Å². The Labute approximate surface area is 143 Å². The van der Waals surface area contributed by atoms with Crippen molar-refractivity contribution in [3.63, 3.8) is 0 Å². The molecule has 1 aromatic carbocycles. The first kappa shape index (κ1) is 19.5. The lowest BCUT2D eigenvalue weighted by Crippen LogP contribution is -2.41. The zero-order valence-electron chi connectivity index (χ0n) is 14.3. The minimum absolute atomic E-state index is 0.0390. The van der Waals surface area contributed by atoms with Gasteiger partial charge in [0.1, 0.15) is 0 Å². The van der Waals surface area contributed by atoms with E-state index in [0.717, 1.165) is 17.8 Å². The predicted molar refractivity (Wildman–Crippen MR) is 97.9 cm³/mol. The van der Waals surface area contributed by atoms with Crippen LogP contribution in [0.1, 0.15) is 26.3 Å². The Kier molecular flexibility index (Phi) is 8.73. The van der Waals surface area contributed by atoms with Crippen molar-refractivity contribution in [1.82, 2.24) is 10.6 Å². The summed E-state index contributed by atoms with van der Waals surface area (Å²) in [5, 5.41) is 8.70. The molecule has 0 bridgehead atoms. The van der Waals surface area contributed by atoms with Crippen LogP contribution in [0.2, 0.25) is 0 Å². The molecule has 0 radical (unpaired) electrons. The van der Waals surface area contributed by atoms with E-state index in [-0.39, 0.29) is 28.9 Å². The van der Waals surface area contributed by atoms with E-state index in [4.69, 9.17) is 0 Å². The number of nitrogens with one attached hydrogen (secondary N) is 3. The standard InChI is InChI=1S/C17H27N3O2S/c1-5-18-13(3)10-19-17(22)14(4)23-11-16(21)20-15-8-6-12(2)7-9-15/h6-9,13-14,18H,5,10-11H2,1-4H3,(H,19,22)(H,20,21)/t13-,14?/m1/s1. The van der Waals surface area contributed by atoms with Crippen LogP contribution in [0.25, 0.3) is 0 Å². The van der Waals surface area contributed by atoms with E-state index in [1.165, 1.54) is 11.8 Å². The SMILES string of the molecule is CCN[C@H](C)CNC(=O)C(C)SCC(=O)Nc1ccc(C)cc1. The molecule has 3 N–H and O–H groups in total. The van der Waals surface area contributed by atoms with Crippen molar-refractivity contribution in [2.75, 3.05) is 24.2 Å². The lowest BCUT2D eigenvalue weighted by Gasteiger charge is -2.16. The van der Waals surface area contributed by atoms with Gasteiger partial charge in [0, 0.05) is 18.3 Å². The Morgan fingerprint density at radius 1 is 1.17 bits per heavy atom. The van der Waals surface area contributed by atoms with Gasteiger partial charge in [0.05, 0.1) is 11.0 Å². The van der Waals surface area contributed by atoms with Crippen LogP contribution in [0, 0.1) is 6.92 Å². The number of amides is 2. The number of carbonyl (C=O) groups is 2. The molecular formula is C17H27N3O2S. The molecule has 5 nitrogen and oxygen atoms in total. The molecule has 128 valence electrons. The first-order chi connectivity index (χ1) is 10.9. The largest absolute Gasteiger partial charge is 0.354 e. The molecule has 1 rings (SSSR count). The molecule has 0 fully saturated rings. The van der Waals surface area contributed by atoms with Crippen molar-refractivity contribution in [2.45, 2.75) is 39.0 Å². The van der Waals surface area contributed by atoms with Crippen molar-refractivity contribution < 1.29 is 9.59 Å². The van der Waals surface area contributed by atoms with Crippen LogP contribution in [0.5, 0.6) is 0 Å². The van der Waals surface area contributed by atoms with E-state index in [0.29, 0.717) is 6.54 Å². The van der Waals surface area contributed by atoms with Gasteiger partial charge in [-0.2, -0.15) is 0 Å². The fourth-order valence-electron chi connectivity index (χ4n) is 1.93. The van der Waals surface area contributed by atoms with Crippen molar-refractivity contribution in [3.8, 4) is 0 Å². The van der Waals surface area contributed by atoms with Crippen LogP contribution in [-0.2, 0) is 9.59 Å². The van der Waals surface area contributed by atoms with Gasteiger partial charge in [-0.15, -0.1) is 11.8 Å². The minimum Gasteiger partial charge on any atom is -0.354 e. The van der Waals surface area contributed by atoms with Gasteiger partial charge in [0.2, 0.25) is 11.8 Å². The van der Waals surface area contributed by atoms with Crippen LogP contribution < -0.4 is 16.0 Å². The van der Waals surface area contributed by atoms with Gasteiger partial charge in [0.15, 0.2) is 0 Å². The molecule has 0 aromatic heterocycles. The molecule has 0 heterocycles. The third kappa shape index (κ3) is 8.04. The van der Waals surface area contributed by atoms with E-state index in [2.05, 4.69) is 16.0 Å². The maximum Gasteiger partial charge on any atom is 0.234 e. The molecule has 6 heteroatoms. The summed E-state index contributed by atoms with van der Waals surface area (Å²) in [6.07, 6.45) is 0. The zero-order chi connectivity index (χ0) is 17.2. The number of likely N-dealkylation sites (N-methyl/N-ethyl adjacent to an activating group) is 1. The summed E-state index contributed by atoms with van der Waals surface area (Å²) in [4.78, 5) is 23.9. The van der Waals surface area contributed by atoms with Gasteiger partial charge in [0.25, 0.3) is 0 Å². The molecular weight excluding hydrogens is 310 g/mol. The number of rotatable bonds is 9. The van der Waals surface area contributed by atoms with Gasteiger partial charge in [-0.1, -0.05) is 24.6 Å². The van der Waals surface area contributed by atoms with Crippen molar-refractivity contribution >= 4 is 29.3 Å². The highest BCUT2D eigenvalue weighted by Crippen LogP contribution is 2.13. The topological polar surface area (TPSA) is 70.2 Å². The molecule has 0 aliphatic carbocycles. The number of benzene rings is 1. The van der Waals surface area contributed by atoms with Gasteiger partial charge in [-0.25, -0.2) is 0 Å². The monoisotopic (exact) mass is 337 g/mol. The second kappa shape index (κ2) is 10.3. The molecule has 1 aromatic rings. The summed E-state index contributed by atoms with van der Waals surface area (Å²) >= 11 is 1.34. The maximum atomic E-state index is 12.0. The normalized spacial score (nSPS) is 13.2. The number of carbonyl (C=O) groups excluding carboxylic acids is 2. The maximum absolute atomic E-state index is 12.0. The predicted octanol–water partition coefficient (Wildman–Crippen LogP) is 2.17. The lowest BCUT2D eigenvalue weighted by atomic mass is 10.2. The Morgan fingerprint density at radius 2 is 1.83 bits per heavy atom. The van der Waals surface area contributed by atoms with Crippen molar-refractivity contribution in [3.05, 3.63) is 29.8 Å². The highest BCUT2D eigenvalue weighted by atomic mass is 32.2. The molecule has 23 heavy (non-hydrogen) atoms. The molecule has 0 aliphatic rings. The second-order valence-electron chi connectivity index (χ2n) is 5.57. The minimum atomic E-state index is -0.257. The van der Waals surface area contributed by atoms with Crippen LogP contribution in [0.4, 0.5) is 5.69 Å². The lowest BCUT2D eigenvalue weighted by molar-refractivity contribution is -0.120. The molecule has 0 saturated heterocycles. The Balaban J connectivity index is 2.28. The number of anilines is 1. The second-order valence-corrected chi connectivity index (χ2v) is 6.90. The van der Waals surface area contributed by atoms with Gasteiger partial charge >= 0.3 is 0 Å². The quantitative estimate of drug-likeness (QED) is 0.646. The summed E-state index contributed by atoms with van der Waals surface area (Å²) in [6, 6.07) is 7.88. The summed E-state index contributed by atoms with van der Waals surface area (Å²) in [5.74, 6) is 0.119. The summed E-state index contributed by atoms with van der Waals surface area (Å²) in [6.45, 7) is 9.34. The zero-order valence-corrected chi connectivity index (χ0v) is 15.1. The van der Waals surface area contributed by atoms with E-state index >= 15 is 0 Å². The van der Waals surface area contributed by atoms with Gasteiger partial charge < -0.3 is 16.0 Å². The molecule has 2 atom stereocenters. The summed E-state index contributed by atoms with van der Waals surface area (Å²) in [5.41, 5.74) is 1.92. The molecule has 2 amide bonds.